The highest BCUT2D eigenvalue weighted by Gasteiger charge is 2.27. The van der Waals surface area contributed by atoms with E-state index in [0.29, 0.717) is 5.69 Å². The molecule has 0 saturated carbocycles. The molecule has 102 valence electrons. The molecule has 0 aliphatic rings. The molecule has 0 aliphatic carbocycles. The number of halogens is 3. The van der Waals surface area contributed by atoms with Gasteiger partial charge in [0.05, 0.1) is 5.69 Å². The molecule has 5 nitrogen and oxygen atoms in total. The number of amides is 1. The number of thiazole rings is 1. The van der Waals surface area contributed by atoms with Crippen molar-refractivity contribution < 1.29 is 22.7 Å². The highest BCUT2D eigenvalue weighted by Crippen LogP contribution is 2.19. The van der Waals surface area contributed by atoms with Gasteiger partial charge >= 0.3 is 6.18 Å². The van der Waals surface area contributed by atoms with Crippen LogP contribution < -0.4 is 11.1 Å². The van der Waals surface area contributed by atoms with Crippen LogP contribution in [0.15, 0.2) is 5.38 Å². The quantitative estimate of drug-likeness (QED) is 0.862. The summed E-state index contributed by atoms with van der Waals surface area (Å²) in [5.41, 5.74) is 6.17. The van der Waals surface area contributed by atoms with Crippen LogP contribution >= 0.6 is 11.3 Å². The molecule has 1 unspecified atom stereocenters. The number of rotatable bonds is 5. The van der Waals surface area contributed by atoms with E-state index >= 15 is 0 Å². The Balaban J connectivity index is 2.35. The number of hydrogen-bond acceptors (Lipinski definition) is 5. The highest BCUT2D eigenvalue weighted by atomic mass is 32.1. The first kappa shape index (κ1) is 14.9. The third-order valence-electron chi connectivity index (χ3n) is 1.73. The minimum atomic E-state index is -4.44. The molecule has 1 amide bonds. The summed E-state index contributed by atoms with van der Waals surface area (Å²) < 4.78 is 39.4. The van der Waals surface area contributed by atoms with Crippen LogP contribution in [0.25, 0.3) is 0 Å². The molecule has 0 radical (unpaired) electrons. The Hall–Kier alpha value is -1.19. The fourth-order valence-electron chi connectivity index (χ4n) is 0.968. The molecule has 1 atom stereocenters. The number of hydrogen-bond donors (Lipinski definition) is 2. The number of carbonyl (C=O) groups excluding carboxylic acids is 1. The van der Waals surface area contributed by atoms with Crippen LogP contribution in [-0.4, -0.2) is 30.3 Å². The van der Waals surface area contributed by atoms with Crippen LogP contribution in [0, 0.1) is 0 Å². The lowest BCUT2D eigenvalue weighted by molar-refractivity contribution is -0.174. The molecule has 0 aromatic carbocycles. The van der Waals surface area contributed by atoms with Crippen molar-refractivity contribution in [3.63, 3.8) is 0 Å². The SMILES string of the molecule is CC(N)c1csc(NC(=O)COCC(F)(F)F)n1. The molecule has 0 bridgehead atoms. The van der Waals surface area contributed by atoms with Gasteiger partial charge in [-0.1, -0.05) is 0 Å². The zero-order valence-electron chi connectivity index (χ0n) is 9.45. The second kappa shape index (κ2) is 6.12. The monoisotopic (exact) mass is 283 g/mol. The van der Waals surface area contributed by atoms with Gasteiger partial charge < -0.3 is 10.5 Å². The van der Waals surface area contributed by atoms with E-state index in [0.717, 1.165) is 11.3 Å². The first-order valence-corrected chi connectivity index (χ1v) is 5.81. The molecule has 1 rings (SSSR count). The summed E-state index contributed by atoms with van der Waals surface area (Å²) in [6.07, 6.45) is -4.44. The van der Waals surface area contributed by atoms with E-state index in [1.54, 1.807) is 12.3 Å². The van der Waals surface area contributed by atoms with Crippen molar-refractivity contribution in [3.8, 4) is 0 Å². The molecule has 1 aromatic rings. The van der Waals surface area contributed by atoms with Crippen LogP contribution in [-0.2, 0) is 9.53 Å². The summed E-state index contributed by atoms with van der Waals surface area (Å²) in [4.78, 5) is 15.2. The predicted octanol–water partition coefficient (Wildman–Crippen LogP) is 1.68. The number of nitrogens with zero attached hydrogens (tertiary/aromatic N) is 1. The van der Waals surface area contributed by atoms with E-state index in [1.165, 1.54) is 0 Å². The van der Waals surface area contributed by atoms with Crippen molar-refractivity contribution in [1.82, 2.24) is 4.98 Å². The average Bonchev–Trinajstić information content (AvgIpc) is 2.64. The summed E-state index contributed by atoms with van der Waals surface area (Å²) in [7, 11) is 0. The Morgan fingerprint density at radius 3 is 2.83 bits per heavy atom. The Morgan fingerprint density at radius 1 is 1.67 bits per heavy atom. The van der Waals surface area contributed by atoms with E-state index in [9.17, 15) is 18.0 Å². The van der Waals surface area contributed by atoms with Crippen molar-refractivity contribution >= 4 is 22.4 Å². The van der Waals surface area contributed by atoms with Crippen molar-refractivity contribution in [2.24, 2.45) is 5.73 Å². The van der Waals surface area contributed by atoms with Crippen molar-refractivity contribution in [1.29, 1.82) is 0 Å². The zero-order valence-corrected chi connectivity index (χ0v) is 10.3. The van der Waals surface area contributed by atoms with Gasteiger partial charge in [-0.3, -0.25) is 10.1 Å². The number of nitrogens with one attached hydrogen (secondary N) is 1. The summed E-state index contributed by atoms with van der Waals surface area (Å²) in [6, 6.07) is -0.270. The maximum Gasteiger partial charge on any atom is 0.411 e. The van der Waals surface area contributed by atoms with Crippen LogP contribution in [0.2, 0.25) is 0 Å². The third kappa shape index (κ3) is 5.43. The maximum atomic E-state index is 11.7. The summed E-state index contributed by atoms with van der Waals surface area (Å²) >= 11 is 1.14. The molecule has 0 aliphatic heterocycles. The summed E-state index contributed by atoms with van der Waals surface area (Å²) in [6.45, 7) is -0.400. The van der Waals surface area contributed by atoms with Gasteiger partial charge in [0.1, 0.15) is 13.2 Å². The van der Waals surface area contributed by atoms with Gasteiger partial charge in [-0.15, -0.1) is 11.3 Å². The molecule has 0 spiro atoms. The van der Waals surface area contributed by atoms with Crippen LogP contribution in [0.1, 0.15) is 18.7 Å². The zero-order chi connectivity index (χ0) is 13.8. The van der Waals surface area contributed by atoms with E-state index < -0.39 is 25.3 Å². The van der Waals surface area contributed by atoms with Gasteiger partial charge in [0.25, 0.3) is 5.91 Å². The van der Waals surface area contributed by atoms with E-state index in [1.807, 2.05) is 0 Å². The lowest BCUT2D eigenvalue weighted by Crippen LogP contribution is -2.24. The second-order valence-electron chi connectivity index (χ2n) is 3.52. The molecule has 1 heterocycles. The lowest BCUT2D eigenvalue weighted by atomic mass is 10.3. The second-order valence-corrected chi connectivity index (χ2v) is 4.38. The largest absolute Gasteiger partial charge is 0.411 e. The molecule has 3 N–H and O–H groups in total. The molecule has 1 aromatic heterocycles. The first-order valence-electron chi connectivity index (χ1n) is 4.93. The van der Waals surface area contributed by atoms with E-state index in [-0.39, 0.29) is 11.2 Å². The normalized spacial score (nSPS) is 13.4. The number of alkyl halides is 3. The molecular weight excluding hydrogens is 271 g/mol. The molecular formula is C9H12F3N3O2S. The fourth-order valence-corrected chi connectivity index (χ4v) is 1.80. The lowest BCUT2D eigenvalue weighted by Gasteiger charge is -2.06. The van der Waals surface area contributed by atoms with Crippen molar-refractivity contribution in [2.45, 2.75) is 19.1 Å². The van der Waals surface area contributed by atoms with Gasteiger partial charge in [0.15, 0.2) is 5.13 Å². The van der Waals surface area contributed by atoms with Gasteiger partial charge in [-0.2, -0.15) is 13.2 Å². The van der Waals surface area contributed by atoms with E-state index in [4.69, 9.17) is 5.73 Å². The molecule has 0 saturated heterocycles. The molecule has 0 fully saturated rings. The first-order chi connectivity index (χ1) is 8.28. The highest BCUT2D eigenvalue weighted by molar-refractivity contribution is 7.13. The van der Waals surface area contributed by atoms with Crippen molar-refractivity contribution in [2.75, 3.05) is 18.5 Å². The van der Waals surface area contributed by atoms with Crippen LogP contribution in [0.3, 0.4) is 0 Å². The third-order valence-corrected chi connectivity index (χ3v) is 2.51. The van der Waals surface area contributed by atoms with Crippen molar-refractivity contribution in [3.05, 3.63) is 11.1 Å². The predicted molar refractivity (Wildman–Crippen MR) is 60.2 cm³/mol. The Bertz CT molecular complexity index is 406. The maximum absolute atomic E-state index is 11.7. The smallest absolute Gasteiger partial charge is 0.362 e. The minimum Gasteiger partial charge on any atom is -0.362 e. The number of nitrogens with two attached hydrogens (primary N) is 1. The minimum absolute atomic E-state index is 0.270. The van der Waals surface area contributed by atoms with Gasteiger partial charge in [-0.05, 0) is 6.92 Å². The average molecular weight is 283 g/mol. The topological polar surface area (TPSA) is 77.2 Å². The Labute approximate surface area is 105 Å². The number of ether oxygens (including phenoxy) is 1. The molecule has 9 heteroatoms. The fraction of sp³-hybridized carbons (Fsp3) is 0.556. The number of anilines is 1. The van der Waals surface area contributed by atoms with E-state index in [2.05, 4.69) is 15.0 Å². The van der Waals surface area contributed by atoms with Crippen LogP contribution in [0.5, 0.6) is 0 Å². The summed E-state index contributed by atoms with van der Waals surface area (Å²) in [5, 5.41) is 4.27. The Morgan fingerprint density at radius 2 is 2.33 bits per heavy atom. The van der Waals surface area contributed by atoms with Gasteiger partial charge in [0, 0.05) is 11.4 Å². The standard InChI is InChI=1S/C9H12F3N3O2S/c1-5(13)6-3-18-8(14-6)15-7(16)2-17-4-9(10,11)12/h3,5H,2,4,13H2,1H3,(H,14,15,16). The van der Waals surface area contributed by atoms with Crippen LogP contribution in [0.4, 0.5) is 18.3 Å². The van der Waals surface area contributed by atoms with Gasteiger partial charge in [0.2, 0.25) is 0 Å². The summed E-state index contributed by atoms with van der Waals surface area (Å²) in [5.74, 6) is -0.690. The van der Waals surface area contributed by atoms with Gasteiger partial charge in [-0.25, -0.2) is 4.98 Å². The number of aromatic nitrogens is 1. The number of carbonyl (C=O) groups is 1. The Kier molecular flexibility index (Phi) is 5.05. The molecule has 18 heavy (non-hydrogen) atoms.